The van der Waals surface area contributed by atoms with Crippen molar-refractivity contribution in [2.24, 2.45) is 0 Å². The van der Waals surface area contributed by atoms with Crippen molar-refractivity contribution < 1.29 is 9.53 Å². The summed E-state index contributed by atoms with van der Waals surface area (Å²) in [6.45, 7) is 5.62. The first-order valence-corrected chi connectivity index (χ1v) is 7.19. The Bertz CT molecular complexity index is 653. The zero-order valence-corrected chi connectivity index (χ0v) is 12.7. The molecule has 0 unspecified atom stereocenters. The molecule has 7 nitrogen and oxygen atoms in total. The summed E-state index contributed by atoms with van der Waals surface area (Å²) >= 11 is 0. The second-order valence-corrected chi connectivity index (χ2v) is 5.82. The highest BCUT2D eigenvalue weighted by Gasteiger charge is 2.34. The molecule has 2 aromatic heterocycles. The highest BCUT2D eigenvalue weighted by Crippen LogP contribution is 2.25. The Kier molecular flexibility index (Phi) is 3.81. The maximum absolute atomic E-state index is 12.6. The van der Waals surface area contributed by atoms with Crippen molar-refractivity contribution in [3.63, 3.8) is 0 Å². The summed E-state index contributed by atoms with van der Waals surface area (Å²) in [5.41, 5.74) is 1.71. The third-order valence-electron chi connectivity index (χ3n) is 3.69. The van der Waals surface area contributed by atoms with Crippen LogP contribution in [0.4, 0.5) is 10.5 Å². The number of rotatable bonds is 2. The van der Waals surface area contributed by atoms with E-state index in [4.69, 9.17) is 4.74 Å². The van der Waals surface area contributed by atoms with Gasteiger partial charge in [0, 0.05) is 12.7 Å². The third-order valence-corrected chi connectivity index (χ3v) is 3.69. The molecular weight excluding hydrogens is 282 g/mol. The predicted octanol–water partition coefficient (Wildman–Crippen LogP) is 2.11. The number of hydrogen-bond donors (Lipinski definition) is 2. The Balaban J connectivity index is 1.79. The molecule has 3 heterocycles. The first-order chi connectivity index (χ1) is 10.6. The molecule has 1 aliphatic heterocycles. The van der Waals surface area contributed by atoms with Crippen LogP contribution in [0.3, 0.4) is 0 Å². The molecule has 0 atom stereocenters. The number of urea groups is 1. The number of morpholine rings is 1. The predicted molar refractivity (Wildman–Crippen MR) is 82.4 cm³/mol. The zero-order chi connectivity index (χ0) is 15.6. The van der Waals surface area contributed by atoms with E-state index >= 15 is 0 Å². The molecule has 0 radical (unpaired) electrons. The van der Waals surface area contributed by atoms with Gasteiger partial charge < -0.3 is 15.0 Å². The summed E-state index contributed by atoms with van der Waals surface area (Å²) in [7, 11) is 0. The Morgan fingerprint density at radius 2 is 2.32 bits per heavy atom. The van der Waals surface area contributed by atoms with E-state index in [-0.39, 0.29) is 11.6 Å². The van der Waals surface area contributed by atoms with Crippen molar-refractivity contribution in [1.29, 1.82) is 0 Å². The Labute approximate surface area is 128 Å². The van der Waals surface area contributed by atoms with Gasteiger partial charge in [-0.1, -0.05) is 6.07 Å². The fourth-order valence-corrected chi connectivity index (χ4v) is 2.50. The van der Waals surface area contributed by atoms with Gasteiger partial charge in [0.2, 0.25) is 0 Å². The first kappa shape index (κ1) is 14.5. The molecule has 116 valence electrons. The lowest BCUT2D eigenvalue weighted by Gasteiger charge is -2.41. The highest BCUT2D eigenvalue weighted by atomic mass is 16.5. The molecule has 0 bridgehead atoms. The number of nitrogens with one attached hydrogen (secondary N) is 2. The molecule has 0 aromatic carbocycles. The van der Waals surface area contributed by atoms with Crippen LogP contribution in [0.1, 0.15) is 13.8 Å². The fourth-order valence-electron chi connectivity index (χ4n) is 2.50. The number of pyridine rings is 1. The monoisotopic (exact) mass is 301 g/mol. The highest BCUT2D eigenvalue weighted by molar-refractivity contribution is 5.93. The number of aromatic amines is 1. The van der Waals surface area contributed by atoms with Crippen LogP contribution in [0.15, 0.2) is 30.6 Å². The zero-order valence-electron chi connectivity index (χ0n) is 12.7. The van der Waals surface area contributed by atoms with E-state index in [0.717, 1.165) is 5.69 Å². The SMILES string of the molecule is CC1(C)COCCN1C(=O)Nc1cn[nH]c1-c1ccccn1. The van der Waals surface area contributed by atoms with Gasteiger partial charge in [-0.05, 0) is 26.0 Å². The van der Waals surface area contributed by atoms with Crippen LogP contribution >= 0.6 is 0 Å². The maximum atomic E-state index is 12.6. The molecule has 0 spiro atoms. The normalized spacial score (nSPS) is 17.3. The van der Waals surface area contributed by atoms with E-state index in [1.165, 1.54) is 0 Å². The second-order valence-electron chi connectivity index (χ2n) is 5.82. The van der Waals surface area contributed by atoms with Gasteiger partial charge in [-0.2, -0.15) is 5.10 Å². The Hall–Kier alpha value is -2.41. The maximum Gasteiger partial charge on any atom is 0.322 e. The lowest BCUT2D eigenvalue weighted by molar-refractivity contribution is -0.0249. The lowest BCUT2D eigenvalue weighted by atomic mass is 10.0. The number of aromatic nitrogens is 3. The summed E-state index contributed by atoms with van der Waals surface area (Å²) in [6.07, 6.45) is 3.29. The van der Waals surface area contributed by atoms with Crippen molar-refractivity contribution in [1.82, 2.24) is 20.1 Å². The number of carbonyl (C=O) groups excluding carboxylic acids is 1. The second kappa shape index (κ2) is 5.76. The van der Waals surface area contributed by atoms with Gasteiger partial charge in [0.15, 0.2) is 0 Å². The van der Waals surface area contributed by atoms with E-state index in [1.807, 2.05) is 32.0 Å². The van der Waals surface area contributed by atoms with E-state index in [0.29, 0.717) is 31.1 Å². The van der Waals surface area contributed by atoms with Crippen molar-refractivity contribution >= 4 is 11.7 Å². The van der Waals surface area contributed by atoms with Gasteiger partial charge in [-0.15, -0.1) is 0 Å². The summed E-state index contributed by atoms with van der Waals surface area (Å²) in [6, 6.07) is 5.43. The minimum atomic E-state index is -0.336. The Morgan fingerprint density at radius 3 is 3.05 bits per heavy atom. The summed E-state index contributed by atoms with van der Waals surface area (Å²) < 4.78 is 5.44. The molecule has 2 aromatic rings. The molecule has 1 saturated heterocycles. The third kappa shape index (κ3) is 2.80. The van der Waals surface area contributed by atoms with E-state index in [1.54, 1.807) is 17.3 Å². The molecule has 1 fully saturated rings. The number of ether oxygens (including phenoxy) is 1. The van der Waals surface area contributed by atoms with Gasteiger partial charge in [0.05, 0.1) is 36.3 Å². The van der Waals surface area contributed by atoms with Gasteiger partial charge in [-0.3, -0.25) is 10.1 Å². The molecule has 3 rings (SSSR count). The van der Waals surface area contributed by atoms with Gasteiger partial charge in [0.25, 0.3) is 0 Å². The van der Waals surface area contributed by atoms with Gasteiger partial charge in [0.1, 0.15) is 5.69 Å². The Morgan fingerprint density at radius 1 is 1.45 bits per heavy atom. The summed E-state index contributed by atoms with van der Waals surface area (Å²) in [4.78, 5) is 18.6. The fraction of sp³-hybridized carbons (Fsp3) is 0.400. The standard InChI is InChI=1S/C15H19N5O2/c1-15(2)10-22-8-7-20(15)14(21)18-12-9-17-19-13(12)11-5-3-4-6-16-11/h3-6,9H,7-8,10H2,1-2H3,(H,17,19)(H,18,21). The molecule has 1 aliphatic rings. The van der Waals surface area contributed by atoms with Crippen LogP contribution in [-0.4, -0.2) is 51.4 Å². The minimum absolute atomic E-state index is 0.160. The van der Waals surface area contributed by atoms with Crippen LogP contribution in [0, 0.1) is 0 Å². The molecule has 7 heteroatoms. The number of hydrogen-bond acceptors (Lipinski definition) is 4. The number of amides is 2. The average molecular weight is 301 g/mol. The minimum Gasteiger partial charge on any atom is -0.377 e. The largest absolute Gasteiger partial charge is 0.377 e. The van der Waals surface area contributed by atoms with Crippen molar-refractivity contribution in [2.45, 2.75) is 19.4 Å². The van der Waals surface area contributed by atoms with Crippen molar-refractivity contribution in [3.8, 4) is 11.4 Å². The molecule has 2 amide bonds. The van der Waals surface area contributed by atoms with Crippen LogP contribution < -0.4 is 5.32 Å². The first-order valence-electron chi connectivity index (χ1n) is 7.19. The van der Waals surface area contributed by atoms with E-state index in [9.17, 15) is 4.79 Å². The van der Waals surface area contributed by atoms with E-state index in [2.05, 4.69) is 20.5 Å². The molecule has 0 saturated carbocycles. The topological polar surface area (TPSA) is 83.1 Å². The van der Waals surface area contributed by atoms with Crippen LogP contribution in [0.25, 0.3) is 11.4 Å². The quantitative estimate of drug-likeness (QED) is 0.890. The van der Waals surface area contributed by atoms with Crippen LogP contribution in [0.5, 0.6) is 0 Å². The number of carbonyl (C=O) groups is 1. The summed E-state index contributed by atoms with van der Waals surface area (Å²) in [5, 5.41) is 9.80. The molecule has 0 aliphatic carbocycles. The lowest BCUT2D eigenvalue weighted by Crippen LogP contribution is -2.56. The van der Waals surface area contributed by atoms with Gasteiger partial charge in [-0.25, -0.2) is 4.79 Å². The number of H-pyrrole nitrogens is 1. The molecular formula is C15H19N5O2. The molecule has 2 N–H and O–H groups in total. The van der Waals surface area contributed by atoms with Crippen molar-refractivity contribution in [3.05, 3.63) is 30.6 Å². The molecule has 22 heavy (non-hydrogen) atoms. The number of nitrogens with zero attached hydrogens (tertiary/aromatic N) is 3. The summed E-state index contributed by atoms with van der Waals surface area (Å²) in [5.74, 6) is 0. The number of anilines is 1. The van der Waals surface area contributed by atoms with Crippen molar-refractivity contribution in [2.75, 3.05) is 25.1 Å². The average Bonchev–Trinajstić information content (AvgIpc) is 2.95. The smallest absolute Gasteiger partial charge is 0.322 e. The van der Waals surface area contributed by atoms with Crippen LogP contribution in [0.2, 0.25) is 0 Å². The van der Waals surface area contributed by atoms with E-state index < -0.39 is 0 Å². The van der Waals surface area contributed by atoms with Gasteiger partial charge >= 0.3 is 6.03 Å². The van der Waals surface area contributed by atoms with Crippen LogP contribution in [-0.2, 0) is 4.74 Å².